The highest BCUT2D eigenvalue weighted by molar-refractivity contribution is 7.89. The van der Waals surface area contributed by atoms with Crippen molar-refractivity contribution in [3.8, 4) is 5.75 Å². The van der Waals surface area contributed by atoms with Crippen LogP contribution in [0.5, 0.6) is 5.75 Å². The molecule has 1 heterocycles. The van der Waals surface area contributed by atoms with Gasteiger partial charge in [-0.2, -0.15) is 4.31 Å². The van der Waals surface area contributed by atoms with E-state index in [0.29, 0.717) is 38.0 Å². The van der Waals surface area contributed by atoms with Crippen molar-refractivity contribution in [2.45, 2.75) is 38.0 Å². The van der Waals surface area contributed by atoms with Crippen molar-refractivity contribution < 1.29 is 18.3 Å². The van der Waals surface area contributed by atoms with Crippen molar-refractivity contribution in [2.75, 3.05) is 19.6 Å². The van der Waals surface area contributed by atoms with Gasteiger partial charge in [0, 0.05) is 39.5 Å². The summed E-state index contributed by atoms with van der Waals surface area (Å²) in [6.45, 7) is 4.92. The quantitative estimate of drug-likeness (QED) is 0.486. The average molecular weight is 459 g/mol. The van der Waals surface area contributed by atoms with Crippen LogP contribution in [0.15, 0.2) is 47.4 Å². The van der Waals surface area contributed by atoms with Gasteiger partial charge >= 0.3 is 0 Å². The van der Waals surface area contributed by atoms with Gasteiger partial charge in [0.05, 0.1) is 15.9 Å². The van der Waals surface area contributed by atoms with Gasteiger partial charge in [0.15, 0.2) is 0 Å². The first-order chi connectivity index (χ1) is 15.3. The molecule has 0 radical (unpaired) electrons. The number of phenols is 1. The topological polar surface area (TPSA) is 105 Å². The second-order valence-corrected chi connectivity index (χ2v) is 9.53. The lowest BCUT2D eigenvalue weighted by Gasteiger charge is -2.18. The monoisotopic (exact) mass is 458 g/mol. The number of imidazole rings is 1. The number of aryl methyl sites for hydroxylation is 2. The fraction of sp³-hybridized carbons (Fsp3) is 0.391. The molecule has 0 saturated heterocycles. The Hall–Kier alpha value is -2.91. The maximum absolute atomic E-state index is 12.8. The maximum Gasteiger partial charge on any atom is 0.243 e. The van der Waals surface area contributed by atoms with Crippen LogP contribution in [0.2, 0.25) is 0 Å². The molecule has 3 aromatic rings. The summed E-state index contributed by atoms with van der Waals surface area (Å²) in [5.41, 5.74) is 2.37. The molecule has 0 aliphatic carbocycles. The van der Waals surface area contributed by atoms with Crippen molar-refractivity contribution >= 4 is 27.0 Å². The Morgan fingerprint density at radius 1 is 1.12 bits per heavy atom. The van der Waals surface area contributed by atoms with Crippen LogP contribution < -0.4 is 5.32 Å². The predicted octanol–water partition coefficient (Wildman–Crippen LogP) is 2.60. The molecule has 0 atom stereocenters. The Balaban J connectivity index is 1.63. The summed E-state index contributed by atoms with van der Waals surface area (Å²) in [7, 11) is -1.69. The van der Waals surface area contributed by atoms with E-state index in [1.54, 1.807) is 36.4 Å². The van der Waals surface area contributed by atoms with E-state index in [2.05, 4.69) is 10.3 Å². The first-order valence-corrected chi connectivity index (χ1v) is 12.2. The number of fused-ring (bicyclic) bond motifs is 1. The molecule has 0 bridgehead atoms. The first kappa shape index (κ1) is 23.7. The molecular formula is C23H30N4O4S. The van der Waals surface area contributed by atoms with Crippen LogP contribution in [0.25, 0.3) is 11.0 Å². The number of aromatic nitrogens is 2. The Morgan fingerprint density at radius 3 is 2.56 bits per heavy atom. The molecule has 8 nitrogen and oxygen atoms in total. The van der Waals surface area contributed by atoms with Gasteiger partial charge in [-0.15, -0.1) is 0 Å². The van der Waals surface area contributed by atoms with Crippen LogP contribution in [-0.4, -0.2) is 52.9 Å². The van der Waals surface area contributed by atoms with Crippen molar-refractivity contribution in [3.05, 3.63) is 53.9 Å². The highest BCUT2D eigenvalue weighted by Gasteiger charge is 2.22. The SMILES string of the molecule is CCN(CC)S(=O)(=O)c1ccc2c(c1)nc(CCC(=O)NCCc1cccc(O)c1)n2C. The summed E-state index contributed by atoms with van der Waals surface area (Å²) in [5, 5.41) is 12.4. The van der Waals surface area contributed by atoms with Gasteiger partial charge < -0.3 is 15.0 Å². The number of aromatic hydroxyl groups is 1. The fourth-order valence-corrected chi connectivity index (χ4v) is 5.18. The van der Waals surface area contributed by atoms with E-state index >= 15 is 0 Å². The zero-order valence-electron chi connectivity index (χ0n) is 18.7. The molecule has 0 unspecified atom stereocenters. The van der Waals surface area contributed by atoms with Gasteiger partial charge in [-0.25, -0.2) is 13.4 Å². The van der Waals surface area contributed by atoms with Crippen LogP contribution in [0.4, 0.5) is 0 Å². The normalized spacial score (nSPS) is 11.9. The van der Waals surface area contributed by atoms with Crippen molar-refractivity contribution in [1.82, 2.24) is 19.2 Å². The number of rotatable bonds is 10. The summed E-state index contributed by atoms with van der Waals surface area (Å²) in [6.07, 6.45) is 1.36. The molecule has 0 fully saturated rings. The van der Waals surface area contributed by atoms with Gasteiger partial charge in [-0.3, -0.25) is 4.79 Å². The summed E-state index contributed by atoms with van der Waals surface area (Å²) in [6, 6.07) is 11.9. The number of carbonyl (C=O) groups excluding carboxylic acids is 1. The molecule has 0 aliphatic rings. The van der Waals surface area contributed by atoms with Crippen molar-refractivity contribution in [2.24, 2.45) is 7.05 Å². The van der Waals surface area contributed by atoms with E-state index < -0.39 is 10.0 Å². The number of hydrogen-bond acceptors (Lipinski definition) is 5. The van der Waals surface area contributed by atoms with Gasteiger partial charge in [0.1, 0.15) is 11.6 Å². The minimum absolute atomic E-state index is 0.0815. The highest BCUT2D eigenvalue weighted by atomic mass is 32.2. The van der Waals surface area contributed by atoms with Gasteiger partial charge in [-0.1, -0.05) is 26.0 Å². The van der Waals surface area contributed by atoms with Gasteiger partial charge in [-0.05, 0) is 42.3 Å². The molecular weight excluding hydrogens is 428 g/mol. The third kappa shape index (κ3) is 5.28. The smallest absolute Gasteiger partial charge is 0.243 e. The summed E-state index contributed by atoms with van der Waals surface area (Å²) < 4.78 is 28.9. The molecule has 3 rings (SSSR count). The molecule has 1 amide bonds. The lowest BCUT2D eigenvalue weighted by atomic mass is 10.1. The number of sulfonamides is 1. The Bertz CT molecular complexity index is 1200. The van der Waals surface area contributed by atoms with Crippen LogP contribution in [0.1, 0.15) is 31.7 Å². The van der Waals surface area contributed by atoms with Crippen LogP contribution in [0, 0.1) is 0 Å². The van der Waals surface area contributed by atoms with Crippen LogP contribution in [0.3, 0.4) is 0 Å². The molecule has 172 valence electrons. The number of amides is 1. The maximum atomic E-state index is 12.8. The molecule has 0 saturated carbocycles. The van der Waals surface area contributed by atoms with E-state index in [4.69, 9.17) is 0 Å². The number of carbonyl (C=O) groups is 1. The highest BCUT2D eigenvalue weighted by Crippen LogP contribution is 2.22. The number of phenolic OH excluding ortho intramolecular Hbond substituents is 1. The molecule has 32 heavy (non-hydrogen) atoms. The predicted molar refractivity (Wildman–Crippen MR) is 124 cm³/mol. The Kier molecular flexibility index (Phi) is 7.52. The van der Waals surface area contributed by atoms with Gasteiger partial charge in [0.2, 0.25) is 15.9 Å². The average Bonchev–Trinajstić information content (AvgIpc) is 3.08. The Labute approximate surface area is 188 Å². The molecule has 2 aromatic carbocycles. The number of hydrogen-bond donors (Lipinski definition) is 2. The molecule has 2 N–H and O–H groups in total. The van der Waals surface area contributed by atoms with E-state index in [1.165, 1.54) is 4.31 Å². The second kappa shape index (κ2) is 10.1. The van der Waals surface area contributed by atoms with Crippen LogP contribution in [-0.2, 0) is 34.7 Å². The zero-order chi connectivity index (χ0) is 23.3. The lowest BCUT2D eigenvalue weighted by Crippen LogP contribution is -2.30. The molecule has 0 spiro atoms. The summed E-state index contributed by atoms with van der Waals surface area (Å²) in [4.78, 5) is 17.0. The number of benzene rings is 2. The summed E-state index contributed by atoms with van der Waals surface area (Å²) >= 11 is 0. The third-order valence-electron chi connectivity index (χ3n) is 5.51. The number of nitrogens with one attached hydrogen (secondary N) is 1. The Morgan fingerprint density at radius 2 is 1.88 bits per heavy atom. The molecule has 9 heteroatoms. The lowest BCUT2D eigenvalue weighted by molar-refractivity contribution is -0.121. The largest absolute Gasteiger partial charge is 0.508 e. The van der Waals surface area contributed by atoms with Crippen molar-refractivity contribution in [3.63, 3.8) is 0 Å². The fourth-order valence-electron chi connectivity index (χ4n) is 3.70. The van der Waals surface area contributed by atoms with E-state index in [9.17, 15) is 18.3 Å². The summed E-state index contributed by atoms with van der Waals surface area (Å²) in [5.74, 6) is 0.853. The minimum Gasteiger partial charge on any atom is -0.508 e. The second-order valence-electron chi connectivity index (χ2n) is 7.60. The number of nitrogens with zero attached hydrogens (tertiary/aromatic N) is 3. The van der Waals surface area contributed by atoms with E-state index in [-0.39, 0.29) is 23.0 Å². The van der Waals surface area contributed by atoms with E-state index in [0.717, 1.165) is 16.9 Å². The first-order valence-electron chi connectivity index (χ1n) is 10.8. The molecule has 0 aliphatic heterocycles. The molecule has 1 aromatic heterocycles. The van der Waals surface area contributed by atoms with E-state index in [1.807, 2.05) is 31.5 Å². The zero-order valence-corrected chi connectivity index (χ0v) is 19.5. The van der Waals surface area contributed by atoms with Gasteiger partial charge in [0.25, 0.3) is 0 Å². The standard InChI is InChI=1S/C23H30N4O4S/c1-4-27(5-2)32(30,31)19-9-10-21-20(16-19)25-22(26(21)3)11-12-23(29)24-14-13-17-7-6-8-18(28)15-17/h6-10,15-16,28H,4-5,11-14H2,1-3H3,(H,24,29). The minimum atomic E-state index is -3.55. The van der Waals surface area contributed by atoms with Crippen LogP contribution >= 0.6 is 0 Å². The van der Waals surface area contributed by atoms with Crippen molar-refractivity contribution in [1.29, 1.82) is 0 Å². The third-order valence-corrected chi connectivity index (χ3v) is 7.56.